The molecule has 0 aromatic carbocycles. The van der Waals surface area contributed by atoms with Gasteiger partial charge in [0.15, 0.2) is 0 Å². The lowest BCUT2D eigenvalue weighted by molar-refractivity contribution is 0.146. The SMILES string of the molecule is NNN(N)CCO. The zero-order chi connectivity index (χ0) is 5.70. The van der Waals surface area contributed by atoms with Crippen molar-refractivity contribution in [2.75, 3.05) is 13.2 Å². The summed E-state index contributed by atoms with van der Waals surface area (Å²) in [6.45, 7) is 0.331. The second-order valence-electron chi connectivity index (χ2n) is 1.05. The van der Waals surface area contributed by atoms with Gasteiger partial charge in [-0.3, -0.25) is 11.7 Å². The van der Waals surface area contributed by atoms with Gasteiger partial charge in [0.25, 0.3) is 0 Å². The van der Waals surface area contributed by atoms with Crippen molar-refractivity contribution in [2.45, 2.75) is 0 Å². The van der Waals surface area contributed by atoms with Gasteiger partial charge in [0.2, 0.25) is 0 Å². The minimum absolute atomic E-state index is 0.000694. The Hall–Kier alpha value is -0.200. The van der Waals surface area contributed by atoms with E-state index in [1.54, 1.807) is 0 Å². The Balaban J connectivity index is 2.83. The minimum Gasteiger partial charge on any atom is -0.395 e. The van der Waals surface area contributed by atoms with E-state index in [0.29, 0.717) is 6.54 Å². The number of hydrazine groups is 3. The molecule has 0 radical (unpaired) electrons. The van der Waals surface area contributed by atoms with Crippen LogP contribution in [0.2, 0.25) is 0 Å². The molecular weight excluding hydrogens is 96.0 g/mol. The molecule has 0 heterocycles. The van der Waals surface area contributed by atoms with Gasteiger partial charge in [-0.25, -0.2) is 0 Å². The maximum absolute atomic E-state index is 8.15. The van der Waals surface area contributed by atoms with Crippen LogP contribution in [0.25, 0.3) is 0 Å². The van der Waals surface area contributed by atoms with E-state index in [1.807, 2.05) is 0 Å². The Labute approximate surface area is 41.8 Å². The van der Waals surface area contributed by atoms with E-state index in [9.17, 15) is 0 Å². The summed E-state index contributed by atoms with van der Waals surface area (Å²) in [6, 6.07) is 0. The lowest BCUT2D eigenvalue weighted by Crippen LogP contribution is -2.49. The molecule has 44 valence electrons. The number of rotatable bonds is 3. The molecule has 0 aliphatic carbocycles. The molecule has 5 heteroatoms. The second kappa shape index (κ2) is 3.97. The summed E-state index contributed by atoms with van der Waals surface area (Å²) >= 11 is 0. The van der Waals surface area contributed by atoms with Crippen molar-refractivity contribution < 1.29 is 5.11 Å². The maximum Gasteiger partial charge on any atom is 0.0587 e. The van der Waals surface area contributed by atoms with E-state index in [0.717, 1.165) is 5.12 Å². The quantitative estimate of drug-likeness (QED) is 0.236. The first kappa shape index (κ1) is 6.80. The second-order valence-corrected chi connectivity index (χ2v) is 1.05. The van der Waals surface area contributed by atoms with Crippen molar-refractivity contribution in [3.05, 3.63) is 0 Å². The Morgan fingerprint density at radius 3 is 2.43 bits per heavy atom. The van der Waals surface area contributed by atoms with Crippen molar-refractivity contribution in [2.24, 2.45) is 11.7 Å². The predicted molar refractivity (Wildman–Crippen MR) is 25.3 cm³/mol. The zero-order valence-electron chi connectivity index (χ0n) is 3.96. The van der Waals surface area contributed by atoms with Crippen molar-refractivity contribution in [1.29, 1.82) is 0 Å². The Bertz CT molecular complexity index is 40.7. The van der Waals surface area contributed by atoms with Crippen molar-refractivity contribution in [3.63, 3.8) is 0 Å². The van der Waals surface area contributed by atoms with Gasteiger partial charge in [0.1, 0.15) is 0 Å². The van der Waals surface area contributed by atoms with E-state index in [4.69, 9.17) is 16.8 Å². The van der Waals surface area contributed by atoms with Crippen molar-refractivity contribution in [3.8, 4) is 0 Å². The molecular formula is C2H10N4O. The summed E-state index contributed by atoms with van der Waals surface area (Å²) in [5.41, 5.74) is 2.12. The van der Waals surface area contributed by atoms with Gasteiger partial charge in [-0.15, -0.1) is 0 Å². The van der Waals surface area contributed by atoms with E-state index >= 15 is 0 Å². The first-order chi connectivity index (χ1) is 3.31. The lowest BCUT2D eigenvalue weighted by Gasteiger charge is -2.10. The Kier molecular flexibility index (Phi) is 3.86. The van der Waals surface area contributed by atoms with E-state index in [2.05, 4.69) is 5.53 Å². The molecule has 0 rings (SSSR count). The van der Waals surface area contributed by atoms with Crippen molar-refractivity contribution in [1.82, 2.24) is 10.7 Å². The molecule has 0 fully saturated rings. The van der Waals surface area contributed by atoms with Crippen LogP contribution in [0.1, 0.15) is 0 Å². The number of nitrogens with two attached hydrogens (primary N) is 2. The van der Waals surface area contributed by atoms with Crippen LogP contribution in [0.5, 0.6) is 0 Å². The monoisotopic (exact) mass is 106 g/mol. The highest BCUT2D eigenvalue weighted by molar-refractivity contribution is 4.30. The first-order valence-electron chi connectivity index (χ1n) is 1.90. The summed E-state index contributed by atoms with van der Waals surface area (Å²) in [5, 5.41) is 9.23. The summed E-state index contributed by atoms with van der Waals surface area (Å²) in [6.07, 6.45) is 0. The van der Waals surface area contributed by atoms with Crippen molar-refractivity contribution >= 4 is 0 Å². The van der Waals surface area contributed by atoms with Crippen LogP contribution in [0.4, 0.5) is 0 Å². The molecule has 0 aliphatic rings. The molecule has 6 N–H and O–H groups in total. The fourth-order valence-corrected chi connectivity index (χ4v) is 0.172. The molecule has 0 aromatic rings. The third-order valence-corrected chi connectivity index (χ3v) is 0.507. The molecule has 0 amide bonds. The maximum atomic E-state index is 8.15. The molecule has 0 saturated heterocycles. The average Bonchev–Trinajstić information content (AvgIpc) is 1.68. The molecule has 0 atom stereocenters. The minimum atomic E-state index is 0.000694. The number of nitrogens with one attached hydrogen (secondary N) is 1. The first-order valence-corrected chi connectivity index (χ1v) is 1.90. The summed E-state index contributed by atoms with van der Waals surface area (Å²) in [5.74, 6) is 9.82. The number of aliphatic hydroxyl groups excluding tert-OH is 1. The van der Waals surface area contributed by atoms with Gasteiger partial charge in [-0.05, 0) is 0 Å². The highest BCUT2D eigenvalue weighted by Gasteiger charge is 1.87. The molecule has 0 saturated carbocycles. The van der Waals surface area contributed by atoms with Gasteiger partial charge in [-0.2, -0.15) is 10.7 Å². The molecule has 5 nitrogen and oxygen atoms in total. The largest absolute Gasteiger partial charge is 0.395 e. The van der Waals surface area contributed by atoms with Gasteiger partial charge < -0.3 is 5.11 Å². The Morgan fingerprint density at radius 1 is 1.71 bits per heavy atom. The molecule has 7 heavy (non-hydrogen) atoms. The molecule has 0 bridgehead atoms. The highest BCUT2D eigenvalue weighted by atomic mass is 16.3. The Morgan fingerprint density at radius 2 is 2.29 bits per heavy atom. The number of aliphatic hydroxyl groups is 1. The van der Waals surface area contributed by atoms with Crippen LogP contribution in [0, 0.1) is 0 Å². The lowest BCUT2D eigenvalue weighted by atomic mass is 10.7. The fraction of sp³-hybridized carbons (Fsp3) is 1.00. The van der Waals surface area contributed by atoms with E-state index in [-0.39, 0.29) is 6.61 Å². The van der Waals surface area contributed by atoms with Crippen LogP contribution in [0.3, 0.4) is 0 Å². The predicted octanol–water partition coefficient (Wildman–Crippen LogP) is -2.47. The summed E-state index contributed by atoms with van der Waals surface area (Å²) in [4.78, 5) is 0. The van der Waals surface area contributed by atoms with Gasteiger partial charge >= 0.3 is 0 Å². The third-order valence-electron chi connectivity index (χ3n) is 0.507. The summed E-state index contributed by atoms with van der Waals surface area (Å²) in [7, 11) is 0. The fourth-order valence-electron chi connectivity index (χ4n) is 0.172. The normalized spacial score (nSPS) is 10.3. The molecule has 0 aromatic heterocycles. The zero-order valence-corrected chi connectivity index (χ0v) is 3.96. The number of hydrogen-bond donors (Lipinski definition) is 4. The molecule has 0 spiro atoms. The highest BCUT2D eigenvalue weighted by Crippen LogP contribution is 1.59. The topological polar surface area (TPSA) is 87.5 Å². The van der Waals surface area contributed by atoms with Gasteiger partial charge in [-0.1, -0.05) is 0 Å². The molecule has 0 unspecified atom stereocenters. The molecule has 0 aliphatic heterocycles. The van der Waals surface area contributed by atoms with Crippen LogP contribution >= 0.6 is 0 Å². The standard InChI is InChI=1S/C2H10N4O/c3-5-6(4)1-2-7/h5,7H,1-4H2. The number of hydrogen-bond acceptors (Lipinski definition) is 5. The van der Waals surface area contributed by atoms with Crippen LogP contribution < -0.4 is 17.2 Å². The van der Waals surface area contributed by atoms with Crippen LogP contribution in [-0.4, -0.2) is 23.4 Å². The van der Waals surface area contributed by atoms with Gasteiger partial charge in [0.05, 0.1) is 13.2 Å². The van der Waals surface area contributed by atoms with Crippen LogP contribution in [0.15, 0.2) is 0 Å². The van der Waals surface area contributed by atoms with Gasteiger partial charge in [0, 0.05) is 0 Å². The van der Waals surface area contributed by atoms with E-state index < -0.39 is 0 Å². The summed E-state index contributed by atoms with van der Waals surface area (Å²) < 4.78 is 0. The number of nitrogens with zero attached hydrogens (tertiary/aromatic N) is 1. The van der Waals surface area contributed by atoms with E-state index in [1.165, 1.54) is 0 Å². The van der Waals surface area contributed by atoms with Crippen LogP contribution in [-0.2, 0) is 0 Å². The average molecular weight is 106 g/mol. The smallest absolute Gasteiger partial charge is 0.0587 e. The third kappa shape index (κ3) is 3.64.